The normalized spacial score (nSPS) is 18.6. The lowest BCUT2D eigenvalue weighted by Gasteiger charge is -2.33. The van der Waals surface area contributed by atoms with Gasteiger partial charge in [0.15, 0.2) is 0 Å². The monoisotopic (exact) mass is 381 g/mol. The highest BCUT2D eigenvalue weighted by molar-refractivity contribution is 7.99. The van der Waals surface area contributed by atoms with Crippen molar-refractivity contribution in [2.45, 2.75) is 54.8 Å². The first-order valence-electron chi connectivity index (χ1n) is 10.0. The number of amides is 1. The lowest BCUT2D eigenvalue weighted by molar-refractivity contribution is 0.0714. The Kier molecular flexibility index (Phi) is 5.97. The maximum absolute atomic E-state index is 13.1. The predicted molar refractivity (Wildman–Crippen MR) is 111 cm³/mol. The average Bonchev–Trinajstić information content (AvgIpc) is 3.22. The van der Waals surface area contributed by atoms with Crippen molar-refractivity contribution in [1.82, 2.24) is 9.88 Å². The smallest absolute Gasteiger partial charge is 0.256 e. The summed E-state index contributed by atoms with van der Waals surface area (Å²) in [6.07, 6.45) is 8.85. The van der Waals surface area contributed by atoms with Crippen LogP contribution in [-0.2, 0) is 0 Å². The molecule has 1 amide bonds. The van der Waals surface area contributed by atoms with Crippen LogP contribution in [0.5, 0.6) is 0 Å². The summed E-state index contributed by atoms with van der Waals surface area (Å²) in [6, 6.07) is 14.6. The van der Waals surface area contributed by atoms with E-state index in [-0.39, 0.29) is 5.91 Å². The van der Waals surface area contributed by atoms with E-state index in [0.29, 0.717) is 11.3 Å². The van der Waals surface area contributed by atoms with Gasteiger partial charge in [0.25, 0.3) is 5.91 Å². The largest absolute Gasteiger partial charge is 0.382 e. The number of carbonyl (C=O) groups excluding carboxylic acids is 1. The summed E-state index contributed by atoms with van der Waals surface area (Å²) in [5, 5.41) is 5.12. The van der Waals surface area contributed by atoms with E-state index in [2.05, 4.69) is 22.4 Å². The summed E-state index contributed by atoms with van der Waals surface area (Å²) in [4.78, 5) is 19.6. The minimum absolute atomic E-state index is 0.141. The van der Waals surface area contributed by atoms with Crippen molar-refractivity contribution in [2.24, 2.45) is 0 Å². The minimum atomic E-state index is 0.141. The zero-order chi connectivity index (χ0) is 18.5. The zero-order valence-electron chi connectivity index (χ0n) is 15.6. The number of nitrogens with one attached hydrogen (secondary N) is 1. The number of para-hydroxylation sites is 1. The fourth-order valence-corrected chi connectivity index (χ4v) is 5.27. The maximum atomic E-state index is 13.1. The van der Waals surface area contributed by atoms with Gasteiger partial charge in [-0.3, -0.25) is 4.79 Å². The standard InChI is InChI=1S/C22H27N3OS/c26-22(20-11-6-14-23-21(20)27-19-9-4-5-10-19)25-15-12-18(13-16-25)24-17-7-2-1-3-8-17/h1-3,6-8,11,14,18-19,24H,4-5,9-10,12-13,15-16H2. The van der Waals surface area contributed by atoms with Crippen molar-refractivity contribution in [2.75, 3.05) is 18.4 Å². The highest BCUT2D eigenvalue weighted by atomic mass is 32.2. The Morgan fingerprint density at radius 3 is 2.48 bits per heavy atom. The second kappa shape index (κ2) is 8.79. The molecule has 1 aliphatic carbocycles. The molecule has 1 aromatic heterocycles. The van der Waals surface area contributed by atoms with Gasteiger partial charge in [-0.05, 0) is 49.9 Å². The summed E-state index contributed by atoms with van der Waals surface area (Å²) < 4.78 is 0. The summed E-state index contributed by atoms with van der Waals surface area (Å²) in [5.74, 6) is 0.141. The SMILES string of the molecule is O=C(c1cccnc1SC1CCCC1)N1CCC(Nc2ccccc2)CC1. The number of hydrogen-bond acceptors (Lipinski definition) is 4. The van der Waals surface area contributed by atoms with E-state index < -0.39 is 0 Å². The summed E-state index contributed by atoms with van der Waals surface area (Å²) in [5.41, 5.74) is 1.94. The molecule has 0 spiro atoms. The molecular formula is C22H27N3OS. The highest BCUT2D eigenvalue weighted by Crippen LogP contribution is 2.35. The van der Waals surface area contributed by atoms with Crippen molar-refractivity contribution < 1.29 is 4.79 Å². The quantitative estimate of drug-likeness (QED) is 0.805. The molecule has 0 unspecified atom stereocenters. The van der Waals surface area contributed by atoms with Crippen molar-refractivity contribution in [3.8, 4) is 0 Å². The molecule has 0 radical (unpaired) electrons. The van der Waals surface area contributed by atoms with Crippen LogP contribution in [0.1, 0.15) is 48.9 Å². The van der Waals surface area contributed by atoms with E-state index in [0.717, 1.165) is 42.2 Å². The van der Waals surface area contributed by atoms with E-state index in [1.807, 2.05) is 41.4 Å². The second-order valence-electron chi connectivity index (χ2n) is 7.46. The van der Waals surface area contributed by atoms with Crippen molar-refractivity contribution in [3.05, 3.63) is 54.2 Å². The number of aromatic nitrogens is 1. The summed E-state index contributed by atoms with van der Waals surface area (Å²) in [6.45, 7) is 1.59. The van der Waals surface area contributed by atoms with Crippen LogP contribution in [0.15, 0.2) is 53.7 Å². The van der Waals surface area contributed by atoms with Crippen LogP contribution in [0.4, 0.5) is 5.69 Å². The van der Waals surface area contributed by atoms with E-state index in [4.69, 9.17) is 0 Å². The predicted octanol–water partition coefficient (Wildman–Crippen LogP) is 4.83. The van der Waals surface area contributed by atoms with E-state index in [1.165, 1.54) is 25.7 Å². The molecule has 0 bridgehead atoms. The second-order valence-corrected chi connectivity index (χ2v) is 8.75. The third kappa shape index (κ3) is 4.64. The number of pyridine rings is 1. The first-order chi connectivity index (χ1) is 13.3. The molecule has 142 valence electrons. The molecule has 2 aromatic rings. The van der Waals surface area contributed by atoms with Gasteiger partial charge in [-0.2, -0.15) is 0 Å². The summed E-state index contributed by atoms with van der Waals surface area (Å²) >= 11 is 1.80. The number of piperidine rings is 1. The van der Waals surface area contributed by atoms with Gasteiger partial charge in [-0.15, -0.1) is 11.8 Å². The molecule has 27 heavy (non-hydrogen) atoms. The van der Waals surface area contributed by atoms with Crippen molar-refractivity contribution in [1.29, 1.82) is 0 Å². The van der Waals surface area contributed by atoms with Gasteiger partial charge in [0.2, 0.25) is 0 Å². The van der Waals surface area contributed by atoms with Gasteiger partial charge in [-0.25, -0.2) is 4.98 Å². The van der Waals surface area contributed by atoms with Crippen LogP contribution in [0.2, 0.25) is 0 Å². The molecule has 5 heteroatoms. The number of carbonyl (C=O) groups is 1. The lowest BCUT2D eigenvalue weighted by Crippen LogP contribution is -2.42. The Labute approximate surface area is 165 Å². The molecule has 2 heterocycles. The molecule has 1 N–H and O–H groups in total. The number of hydrogen-bond donors (Lipinski definition) is 1. The van der Waals surface area contributed by atoms with Crippen molar-refractivity contribution in [3.63, 3.8) is 0 Å². The third-order valence-electron chi connectivity index (χ3n) is 5.51. The van der Waals surface area contributed by atoms with Gasteiger partial charge < -0.3 is 10.2 Å². The Morgan fingerprint density at radius 1 is 1.00 bits per heavy atom. The molecule has 4 rings (SSSR count). The Bertz CT molecular complexity index is 753. The highest BCUT2D eigenvalue weighted by Gasteiger charge is 2.27. The molecule has 0 atom stereocenters. The summed E-state index contributed by atoms with van der Waals surface area (Å²) in [7, 11) is 0. The molecule has 1 saturated carbocycles. The Balaban J connectivity index is 1.36. The number of nitrogens with zero attached hydrogens (tertiary/aromatic N) is 2. The maximum Gasteiger partial charge on any atom is 0.256 e. The number of thioether (sulfide) groups is 1. The zero-order valence-corrected chi connectivity index (χ0v) is 16.5. The van der Waals surface area contributed by atoms with Gasteiger partial charge in [0.05, 0.1) is 5.56 Å². The molecule has 1 aromatic carbocycles. The fraction of sp³-hybridized carbons (Fsp3) is 0.455. The Hall–Kier alpha value is -2.01. The number of benzene rings is 1. The molecule has 4 nitrogen and oxygen atoms in total. The number of anilines is 1. The van der Waals surface area contributed by atoms with Gasteiger partial charge in [0.1, 0.15) is 5.03 Å². The van der Waals surface area contributed by atoms with E-state index >= 15 is 0 Å². The van der Waals surface area contributed by atoms with Crippen molar-refractivity contribution >= 4 is 23.4 Å². The fourth-order valence-electron chi connectivity index (χ4n) is 3.98. The molecular weight excluding hydrogens is 354 g/mol. The van der Waals surface area contributed by atoms with Crippen LogP contribution in [0.3, 0.4) is 0 Å². The van der Waals surface area contributed by atoms with Crippen LogP contribution in [0, 0.1) is 0 Å². The van der Waals surface area contributed by atoms with Crippen LogP contribution in [-0.4, -0.2) is 40.2 Å². The first kappa shape index (κ1) is 18.4. The third-order valence-corrected chi connectivity index (χ3v) is 6.86. The van der Waals surface area contributed by atoms with Gasteiger partial charge >= 0.3 is 0 Å². The average molecular weight is 382 g/mol. The van der Waals surface area contributed by atoms with E-state index in [9.17, 15) is 4.79 Å². The van der Waals surface area contributed by atoms with Crippen LogP contribution >= 0.6 is 11.8 Å². The lowest BCUT2D eigenvalue weighted by atomic mass is 10.0. The van der Waals surface area contributed by atoms with Crippen LogP contribution in [0.25, 0.3) is 0 Å². The molecule has 1 aliphatic heterocycles. The topological polar surface area (TPSA) is 45.2 Å². The molecule has 1 saturated heterocycles. The van der Waals surface area contributed by atoms with Gasteiger partial charge in [0, 0.05) is 36.3 Å². The number of likely N-dealkylation sites (tertiary alicyclic amines) is 1. The molecule has 2 fully saturated rings. The minimum Gasteiger partial charge on any atom is -0.382 e. The Morgan fingerprint density at radius 2 is 1.74 bits per heavy atom. The molecule has 2 aliphatic rings. The van der Waals surface area contributed by atoms with Gasteiger partial charge in [-0.1, -0.05) is 31.0 Å². The first-order valence-corrected chi connectivity index (χ1v) is 10.9. The number of rotatable bonds is 5. The van der Waals surface area contributed by atoms with E-state index in [1.54, 1.807) is 11.8 Å². The van der Waals surface area contributed by atoms with Crippen LogP contribution < -0.4 is 5.32 Å².